The van der Waals surface area contributed by atoms with E-state index in [1.54, 1.807) is 0 Å². The van der Waals surface area contributed by atoms with Crippen molar-refractivity contribution in [2.45, 2.75) is 205 Å². The largest absolute Gasteiger partial charge is 0.489 e. The maximum atomic E-state index is 11.1. The fourth-order valence-corrected chi connectivity index (χ4v) is 14.2. The van der Waals surface area contributed by atoms with Gasteiger partial charge in [-0.2, -0.15) is 0 Å². The van der Waals surface area contributed by atoms with Crippen LogP contribution in [0.25, 0.3) is 54.9 Å². The van der Waals surface area contributed by atoms with Gasteiger partial charge in [0.2, 0.25) is 0 Å². The molecule has 70 heavy (non-hydrogen) atoms. The second-order valence-corrected chi connectivity index (χ2v) is 23.2. The molecule has 6 heteroatoms. The van der Waals surface area contributed by atoms with Gasteiger partial charge in [0.1, 0.15) is 0 Å². The van der Waals surface area contributed by atoms with Crippen molar-refractivity contribution in [1.29, 1.82) is 0 Å². The van der Waals surface area contributed by atoms with Crippen molar-refractivity contribution in [2.24, 2.45) is 0 Å². The van der Waals surface area contributed by atoms with Gasteiger partial charge in [-0.25, -0.2) is 0 Å². The van der Waals surface area contributed by atoms with Gasteiger partial charge >= 0.3 is 14.2 Å². The minimum atomic E-state index is -1.57. The van der Waals surface area contributed by atoms with E-state index in [1.807, 2.05) is 12.1 Å². The third kappa shape index (κ3) is 8.24. The first-order chi connectivity index (χ1) is 33.7. The predicted molar refractivity (Wildman–Crippen MR) is 300 cm³/mol. The zero-order chi connectivity index (χ0) is 49.6. The van der Waals surface area contributed by atoms with Crippen LogP contribution in [-0.4, -0.2) is 34.3 Å². The smallest absolute Gasteiger partial charge is 0.423 e. The minimum Gasteiger partial charge on any atom is -0.423 e. The fraction of sp³-hybridized carbons (Fsp3) is 0.500. The van der Waals surface area contributed by atoms with Crippen molar-refractivity contribution in [3.8, 4) is 33.4 Å². The lowest BCUT2D eigenvalue weighted by Crippen LogP contribution is -2.44. The molecule has 0 unspecified atom stereocenters. The van der Waals surface area contributed by atoms with Crippen molar-refractivity contribution in [2.75, 3.05) is 0 Å². The fourth-order valence-electron chi connectivity index (χ4n) is 14.2. The zero-order valence-electron chi connectivity index (χ0n) is 44.2. The molecule has 3 aliphatic carbocycles. The van der Waals surface area contributed by atoms with Crippen LogP contribution in [0.4, 0.5) is 0 Å². The van der Waals surface area contributed by atoms with E-state index in [4.69, 9.17) is 0 Å². The van der Waals surface area contributed by atoms with Gasteiger partial charge in [-0.3, -0.25) is 0 Å². The Morgan fingerprint density at radius 2 is 0.643 bits per heavy atom. The third-order valence-electron chi connectivity index (χ3n) is 18.7. The Morgan fingerprint density at radius 1 is 0.343 bits per heavy atom. The molecule has 9 rings (SSSR count). The first-order valence-corrected chi connectivity index (χ1v) is 28.0. The van der Waals surface area contributed by atoms with Crippen molar-refractivity contribution in [1.82, 2.24) is 0 Å². The third-order valence-corrected chi connectivity index (χ3v) is 18.7. The summed E-state index contributed by atoms with van der Waals surface area (Å²) in [5.74, 6) is 0. The topological polar surface area (TPSA) is 80.9 Å². The summed E-state index contributed by atoms with van der Waals surface area (Å²) in [5, 5.41) is 48.6. The number of fused-ring (bicyclic) bond motifs is 13. The molecule has 0 aliphatic heterocycles. The van der Waals surface area contributed by atoms with Gasteiger partial charge < -0.3 is 20.1 Å². The summed E-state index contributed by atoms with van der Waals surface area (Å²) >= 11 is 0. The Morgan fingerprint density at radius 3 is 0.943 bits per heavy atom. The molecule has 0 bridgehead atoms. The van der Waals surface area contributed by atoms with Gasteiger partial charge in [0.25, 0.3) is 0 Å². The average molecular weight is 937 g/mol. The highest BCUT2D eigenvalue weighted by atomic mass is 16.4. The van der Waals surface area contributed by atoms with E-state index in [2.05, 4.69) is 128 Å². The molecule has 4 nitrogen and oxygen atoms in total. The van der Waals surface area contributed by atoms with E-state index in [0.29, 0.717) is 10.9 Å². The maximum absolute atomic E-state index is 11.1. The lowest BCUT2D eigenvalue weighted by atomic mass is 9.54. The number of rotatable bonds is 22. The quantitative estimate of drug-likeness (QED) is 0.0404. The molecule has 6 aromatic rings. The van der Waals surface area contributed by atoms with Crippen LogP contribution in [0.15, 0.2) is 84.9 Å². The normalized spacial score (nSPS) is 16.2. The van der Waals surface area contributed by atoms with E-state index in [-0.39, 0.29) is 21.7 Å². The SMILES string of the molecule is CCCCCCC1(CCCCCC)c2cc3c(cc2-c2c1cc(B(O)O)c1ccccc21)C(C)(C)C(C)(C)c1cc2c(cc1-3)C(CCCCCC)(CCCCCC)c1cc(B(O)O)c3ccccc3c1-2. The monoisotopic (exact) mass is 937 g/mol. The summed E-state index contributed by atoms with van der Waals surface area (Å²) in [6.45, 7) is 19.1. The lowest BCUT2D eigenvalue weighted by molar-refractivity contribution is 0.299. The van der Waals surface area contributed by atoms with Crippen LogP contribution >= 0.6 is 0 Å². The summed E-state index contributed by atoms with van der Waals surface area (Å²) in [7, 11) is -3.14. The first kappa shape index (κ1) is 50.7. The summed E-state index contributed by atoms with van der Waals surface area (Å²) in [6.07, 6.45) is 22.9. The highest BCUT2D eigenvalue weighted by Crippen LogP contribution is 2.64. The Labute approximate surface area is 422 Å². The van der Waals surface area contributed by atoms with Gasteiger partial charge in [0, 0.05) is 10.8 Å². The van der Waals surface area contributed by atoms with Crippen LogP contribution in [-0.2, 0) is 21.7 Å². The molecule has 6 aromatic carbocycles. The molecule has 0 saturated heterocycles. The maximum Gasteiger partial charge on any atom is 0.489 e. The van der Waals surface area contributed by atoms with Gasteiger partial charge in [0.15, 0.2) is 0 Å². The second kappa shape index (κ2) is 20.4. The Hall–Kier alpha value is -4.19. The predicted octanol–water partition coefficient (Wildman–Crippen LogP) is 15.0. The van der Waals surface area contributed by atoms with Crippen molar-refractivity contribution >= 4 is 46.7 Å². The van der Waals surface area contributed by atoms with Crippen LogP contribution in [0.3, 0.4) is 0 Å². The molecule has 3 aliphatic rings. The molecule has 0 heterocycles. The molecule has 0 spiro atoms. The number of hydrogen-bond donors (Lipinski definition) is 4. The Balaban J connectivity index is 1.37. The van der Waals surface area contributed by atoms with Crippen LogP contribution in [0.5, 0.6) is 0 Å². The molecule has 0 radical (unpaired) electrons. The Bertz CT molecular complexity index is 2650. The van der Waals surface area contributed by atoms with Crippen molar-refractivity contribution in [3.63, 3.8) is 0 Å². The van der Waals surface area contributed by atoms with E-state index in [9.17, 15) is 20.1 Å². The van der Waals surface area contributed by atoms with Crippen LogP contribution < -0.4 is 10.9 Å². The number of benzene rings is 6. The van der Waals surface area contributed by atoms with Gasteiger partial charge in [-0.15, -0.1) is 0 Å². The van der Waals surface area contributed by atoms with Crippen LogP contribution in [0.2, 0.25) is 0 Å². The summed E-state index contributed by atoms with van der Waals surface area (Å²) < 4.78 is 0. The highest BCUT2D eigenvalue weighted by Gasteiger charge is 2.52. The Kier molecular flexibility index (Phi) is 14.8. The average Bonchev–Trinajstić information content (AvgIpc) is 3.78. The standard InChI is InChI=1S/C64H82B2O4/c1-9-13-17-25-33-63(34-26-18-14-10-2)53-37-47-48-38-54-50(60-46-32-24-22-30-44(46)58(66(69)70)42-56(60)64(54,35-27-19-15-11-3)36-28-20-16-12-4)40-52(48)62(7,8)61(5,6)51(47)39-49(53)59-45-31-23-21-29-43(45)57(65(67)68)41-55(59)63/h21-24,29-32,37-42,67-70H,9-20,25-28,33-36H2,1-8H3. The van der Waals surface area contributed by atoms with Crippen LogP contribution in [0.1, 0.15) is 217 Å². The van der Waals surface area contributed by atoms with E-state index < -0.39 is 14.2 Å². The van der Waals surface area contributed by atoms with E-state index in [1.165, 1.54) is 144 Å². The van der Waals surface area contributed by atoms with Gasteiger partial charge in [-0.05, 0) is 160 Å². The van der Waals surface area contributed by atoms with Crippen molar-refractivity contribution < 1.29 is 20.1 Å². The lowest BCUT2D eigenvalue weighted by Gasteiger charge is -2.49. The van der Waals surface area contributed by atoms with E-state index >= 15 is 0 Å². The molecule has 0 saturated carbocycles. The first-order valence-electron chi connectivity index (χ1n) is 28.0. The molecular formula is C64H82B2O4. The minimum absolute atomic E-state index is 0.255. The molecule has 0 amide bonds. The summed E-state index contributed by atoms with van der Waals surface area (Å²) in [4.78, 5) is 0. The van der Waals surface area contributed by atoms with Crippen LogP contribution in [0, 0.1) is 0 Å². The number of hydrogen-bond acceptors (Lipinski definition) is 4. The highest BCUT2D eigenvalue weighted by molar-refractivity contribution is 6.62. The molecule has 0 fully saturated rings. The number of unbranched alkanes of at least 4 members (excludes halogenated alkanes) is 12. The van der Waals surface area contributed by atoms with Gasteiger partial charge in [-0.1, -0.05) is 219 Å². The molecule has 368 valence electrons. The molecule has 4 N–H and O–H groups in total. The zero-order valence-corrected chi connectivity index (χ0v) is 44.2. The molecule has 0 aromatic heterocycles. The van der Waals surface area contributed by atoms with Gasteiger partial charge in [0.05, 0.1) is 0 Å². The van der Waals surface area contributed by atoms with Crippen molar-refractivity contribution in [3.05, 3.63) is 118 Å². The van der Waals surface area contributed by atoms with E-state index in [0.717, 1.165) is 72.9 Å². The molecular weight excluding hydrogens is 854 g/mol. The summed E-state index contributed by atoms with van der Waals surface area (Å²) in [6, 6.07) is 31.9. The molecule has 0 atom stereocenters. The second-order valence-electron chi connectivity index (χ2n) is 23.2. The summed E-state index contributed by atoms with van der Waals surface area (Å²) in [5.41, 5.74) is 16.3.